The molecule has 1 saturated heterocycles. The number of hydrogen-bond donors (Lipinski definition) is 2. The second kappa shape index (κ2) is 7.98. The third-order valence-corrected chi connectivity index (χ3v) is 8.03. The van der Waals surface area contributed by atoms with Gasteiger partial charge in [0.15, 0.2) is 0 Å². The number of rotatable bonds is 5. The summed E-state index contributed by atoms with van der Waals surface area (Å²) in [6.45, 7) is 6.04. The molecule has 2 rings (SSSR count). The van der Waals surface area contributed by atoms with Crippen molar-refractivity contribution in [1.82, 2.24) is 9.62 Å². The minimum atomic E-state index is -3.84. The van der Waals surface area contributed by atoms with Crippen molar-refractivity contribution in [3.63, 3.8) is 0 Å². The number of hydrogen-bond acceptors (Lipinski definition) is 4. The number of nitrogens with zero attached hydrogens (tertiary/aromatic N) is 1. The quantitative estimate of drug-likeness (QED) is 0.609. The summed E-state index contributed by atoms with van der Waals surface area (Å²) in [6, 6.07) is 4.31. The summed E-state index contributed by atoms with van der Waals surface area (Å²) >= 11 is 6.54. The first-order chi connectivity index (χ1) is 12.3. The van der Waals surface area contributed by atoms with Gasteiger partial charge in [-0.05, 0) is 46.0 Å². The minimum absolute atomic E-state index is 0.0564. The number of amides is 1. The molecule has 152 valence electrons. The van der Waals surface area contributed by atoms with Crippen molar-refractivity contribution < 1.29 is 23.1 Å². The summed E-state index contributed by atoms with van der Waals surface area (Å²) < 4.78 is 34.9. The Morgan fingerprint density at radius 3 is 2.56 bits per heavy atom. The summed E-state index contributed by atoms with van der Waals surface area (Å²) in [7, 11) is -2.33. The van der Waals surface area contributed by atoms with E-state index in [2.05, 4.69) is 36.6 Å². The Balaban J connectivity index is 2.38. The molecule has 1 aromatic rings. The fourth-order valence-corrected chi connectivity index (χ4v) is 6.32. The number of ether oxygens (including phenoxy) is 1. The van der Waals surface area contributed by atoms with E-state index in [4.69, 9.17) is 4.74 Å². The number of carbonyl (C=O) groups is 1. The van der Waals surface area contributed by atoms with Gasteiger partial charge in [-0.2, -0.15) is 0 Å². The van der Waals surface area contributed by atoms with E-state index in [1.165, 1.54) is 18.1 Å². The van der Waals surface area contributed by atoms with Gasteiger partial charge in [0.05, 0.1) is 17.0 Å². The molecule has 0 radical (unpaired) electrons. The highest BCUT2D eigenvalue weighted by Gasteiger charge is 2.55. The van der Waals surface area contributed by atoms with E-state index >= 15 is 0 Å². The Bertz CT molecular complexity index is 825. The van der Waals surface area contributed by atoms with Gasteiger partial charge in [-0.15, -0.1) is 0 Å². The molecule has 2 atom stereocenters. The van der Waals surface area contributed by atoms with Crippen molar-refractivity contribution in [3.05, 3.63) is 27.1 Å². The predicted octanol–water partition coefficient (Wildman–Crippen LogP) is 3.67. The number of benzene rings is 1. The average molecular weight is 528 g/mol. The molecule has 1 fully saturated rings. The highest BCUT2D eigenvalue weighted by atomic mass is 79.9. The van der Waals surface area contributed by atoms with E-state index in [9.17, 15) is 18.3 Å². The molecule has 2 N–H and O–H groups in total. The molecule has 0 aliphatic carbocycles. The number of halogens is 2. The zero-order valence-electron chi connectivity index (χ0n) is 15.6. The summed E-state index contributed by atoms with van der Waals surface area (Å²) in [5.41, 5.74) is -1.28. The Morgan fingerprint density at radius 2 is 2.04 bits per heavy atom. The molecule has 7 nitrogen and oxygen atoms in total. The lowest BCUT2D eigenvalue weighted by molar-refractivity contribution is -0.0259. The first-order valence-corrected chi connectivity index (χ1v) is 11.4. The molecule has 0 unspecified atom stereocenters. The molecule has 1 aromatic carbocycles. The molecule has 0 aromatic heterocycles. The largest absolute Gasteiger partial charge is 0.465 e. The van der Waals surface area contributed by atoms with E-state index in [0.717, 1.165) is 0 Å². The van der Waals surface area contributed by atoms with Crippen LogP contribution in [-0.2, 0) is 14.8 Å². The van der Waals surface area contributed by atoms with Gasteiger partial charge in [0, 0.05) is 28.6 Å². The number of carboxylic acid groups (broad SMARTS) is 1. The van der Waals surface area contributed by atoms with Gasteiger partial charge < -0.3 is 9.84 Å². The summed E-state index contributed by atoms with van der Waals surface area (Å²) in [4.78, 5) is 13.3. The van der Waals surface area contributed by atoms with Crippen LogP contribution in [0, 0.1) is 5.41 Å². The van der Waals surface area contributed by atoms with Crippen molar-refractivity contribution in [1.29, 1.82) is 0 Å². The Morgan fingerprint density at radius 1 is 1.41 bits per heavy atom. The Hall–Kier alpha value is -0.680. The highest BCUT2D eigenvalue weighted by molar-refractivity contribution is 9.11. The van der Waals surface area contributed by atoms with Crippen LogP contribution in [-0.4, -0.2) is 56.4 Å². The smallest absolute Gasteiger partial charge is 0.407 e. The third kappa shape index (κ3) is 4.50. The van der Waals surface area contributed by atoms with E-state index in [1.807, 2.05) is 20.8 Å². The standard InChI is InChI=1S/C17H24Br2N2O5S/c1-16(2,3)17(10-26-4)8-12(9-21(17)15(22)23)20-27(24,25)14-7-11(18)5-6-13(14)19/h5-7,12,20H,8-10H2,1-4H3,(H,22,23)/t12-,17+/m1/s1. The predicted molar refractivity (Wildman–Crippen MR) is 109 cm³/mol. The average Bonchev–Trinajstić information content (AvgIpc) is 2.89. The molecule has 0 bridgehead atoms. The molecule has 1 aliphatic heterocycles. The monoisotopic (exact) mass is 526 g/mol. The van der Waals surface area contributed by atoms with Gasteiger partial charge in [-0.1, -0.05) is 36.7 Å². The van der Waals surface area contributed by atoms with E-state index in [0.29, 0.717) is 15.4 Å². The molecule has 10 heteroatoms. The van der Waals surface area contributed by atoms with E-state index in [-0.39, 0.29) is 18.0 Å². The topological polar surface area (TPSA) is 95.9 Å². The summed E-state index contributed by atoms with van der Waals surface area (Å²) in [6.07, 6.45) is -0.770. The lowest BCUT2D eigenvalue weighted by Gasteiger charge is -2.46. The number of likely N-dealkylation sites (tertiary alicyclic amines) is 1. The Labute approximate surface area is 176 Å². The van der Waals surface area contributed by atoms with Crippen LogP contribution < -0.4 is 4.72 Å². The van der Waals surface area contributed by atoms with Gasteiger partial charge in [-0.3, -0.25) is 4.90 Å². The van der Waals surface area contributed by atoms with E-state index in [1.54, 1.807) is 12.1 Å². The molecular weight excluding hydrogens is 504 g/mol. The lowest BCUT2D eigenvalue weighted by Crippen LogP contribution is -2.58. The first kappa shape index (κ1) is 22.6. The maximum atomic E-state index is 12.9. The van der Waals surface area contributed by atoms with Crippen LogP contribution >= 0.6 is 31.9 Å². The normalized spacial score (nSPS) is 23.6. The molecule has 0 saturated carbocycles. The Kier molecular flexibility index (Phi) is 6.68. The van der Waals surface area contributed by atoms with Crippen LogP contribution in [0.5, 0.6) is 0 Å². The highest BCUT2D eigenvalue weighted by Crippen LogP contribution is 2.44. The number of sulfonamides is 1. The van der Waals surface area contributed by atoms with Crippen LogP contribution in [0.15, 0.2) is 32.0 Å². The first-order valence-electron chi connectivity index (χ1n) is 8.31. The van der Waals surface area contributed by atoms with Gasteiger partial charge in [0.25, 0.3) is 0 Å². The van der Waals surface area contributed by atoms with Crippen LogP contribution in [0.3, 0.4) is 0 Å². The van der Waals surface area contributed by atoms with Crippen molar-refractivity contribution in [3.8, 4) is 0 Å². The van der Waals surface area contributed by atoms with Crippen molar-refractivity contribution in [2.75, 3.05) is 20.3 Å². The SMILES string of the molecule is COC[C@]1(C(C)(C)C)C[C@@H](NS(=O)(=O)c2cc(Br)ccc2Br)CN1C(=O)O. The van der Waals surface area contributed by atoms with Gasteiger partial charge in [0.1, 0.15) is 0 Å². The van der Waals surface area contributed by atoms with Gasteiger partial charge in [-0.25, -0.2) is 17.9 Å². The zero-order valence-corrected chi connectivity index (χ0v) is 19.6. The van der Waals surface area contributed by atoms with Crippen LogP contribution in [0.2, 0.25) is 0 Å². The molecule has 0 spiro atoms. The molecule has 1 aliphatic rings. The van der Waals surface area contributed by atoms with Gasteiger partial charge >= 0.3 is 6.09 Å². The van der Waals surface area contributed by atoms with Crippen LogP contribution in [0.4, 0.5) is 4.79 Å². The summed E-state index contributed by atoms with van der Waals surface area (Å²) in [5.74, 6) is 0. The van der Waals surface area contributed by atoms with Crippen LogP contribution in [0.25, 0.3) is 0 Å². The second-order valence-corrected chi connectivity index (χ2v) is 11.2. The zero-order chi connectivity index (χ0) is 20.6. The maximum absolute atomic E-state index is 12.9. The second-order valence-electron chi connectivity index (χ2n) is 7.70. The molecule has 1 heterocycles. The van der Waals surface area contributed by atoms with Crippen molar-refractivity contribution in [2.45, 2.75) is 43.7 Å². The van der Waals surface area contributed by atoms with Gasteiger partial charge in [0.2, 0.25) is 10.0 Å². The molecular formula is C17H24Br2N2O5S. The molecule has 27 heavy (non-hydrogen) atoms. The third-order valence-electron chi connectivity index (χ3n) is 5.02. The van der Waals surface area contributed by atoms with E-state index < -0.39 is 33.1 Å². The van der Waals surface area contributed by atoms with Crippen molar-refractivity contribution >= 4 is 48.0 Å². The van der Waals surface area contributed by atoms with Crippen LogP contribution in [0.1, 0.15) is 27.2 Å². The fraction of sp³-hybridized carbons (Fsp3) is 0.588. The number of nitrogens with one attached hydrogen (secondary N) is 1. The lowest BCUT2D eigenvalue weighted by atomic mass is 9.72. The summed E-state index contributed by atoms with van der Waals surface area (Å²) in [5, 5.41) is 9.73. The number of methoxy groups -OCH3 is 1. The molecule has 1 amide bonds. The maximum Gasteiger partial charge on any atom is 0.407 e. The fourth-order valence-electron chi connectivity index (χ4n) is 3.59. The van der Waals surface area contributed by atoms with Crippen molar-refractivity contribution in [2.24, 2.45) is 5.41 Å². The minimum Gasteiger partial charge on any atom is -0.465 e.